The molecule has 24 heavy (non-hydrogen) atoms. The minimum Gasteiger partial charge on any atom is -0.488 e. The van der Waals surface area contributed by atoms with Crippen LogP contribution in [-0.4, -0.2) is 30.0 Å². The zero-order valence-corrected chi connectivity index (χ0v) is 14.0. The molecule has 2 aromatic rings. The van der Waals surface area contributed by atoms with E-state index in [0.29, 0.717) is 30.5 Å². The number of hydrogen-bond donors (Lipinski definition) is 2. The Morgan fingerprint density at radius 3 is 2.75 bits per heavy atom. The SMILES string of the molecule is COCC(C)Oc1ccc(CNc2n[nH]c(C3CC3)c2C#N)cc1. The van der Waals surface area contributed by atoms with E-state index in [9.17, 15) is 5.26 Å². The van der Waals surface area contributed by atoms with Gasteiger partial charge < -0.3 is 14.8 Å². The number of rotatable bonds is 8. The van der Waals surface area contributed by atoms with Crippen LogP contribution in [0.25, 0.3) is 0 Å². The Morgan fingerprint density at radius 2 is 2.12 bits per heavy atom. The minimum atomic E-state index is 0.0158. The monoisotopic (exact) mass is 326 g/mol. The van der Waals surface area contributed by atoms with Crippen LogP contribution < -0.4 is 10.1 Å². The molecule has 6 heteroatoms. The first-order chi connectivity index (χ1) is 11.7. The van der Waals surface area contributed by atoms with Crippen molar-refractivity contribution in [3.63, 3.8) is 0 Å². The van der Waals surface area contributed by atoms with Crippen molar-refractivity contribution in [3.05, 3.63) is 41.1 Å². The van der Waals surface area contributed by atoms with E-state index in [2.05, 4.69) is 21.6 Å². The van der Waals surface area contributed by atoms with Crippen molar-refractivity contribution in [2.24, 2.45) is 0 Å². The molecule has 1 aromatic carbocycles. The van der Waals surface area contributed by atoms with E-state index in [-0.39, 0.29) is 6.10 Å². The molecule has 0 saturated heterocycles. The number of benzene rings is 1. The van der Waals surface area contributed by atoms with Crippen LogP contribution >= 0.6 is 0 Å². The number of ether oxygens (including phenoxy) is 2. The predicted octanol–water partition coefficient (Wildman–Crippen LogP) is 3.18. The highest BCUT2D eigenvalue weighted by molar-refractivity contribution is 5.56. The summed E-state index contributed by atoms with van der Waals surface area (Å²) in [6, 6.07) is 10.1. The molecule has 0 amide bonds. The Balaban J connectivity index is 1.58. The Bertz CT molecular complexity index is 714. The van der Waals surface area contributed by atoms with Crippen LogP contribution in [0, 0.1) is 11.3 Å². The number of aromatic amines is 1. The molecule has 1 heterocycles. The molecule has 6 nitrogen and oxygen atoms in total. The molecule has 1 aromatic heterocycles. The first kappa shape index (κ1) is 16.3. The van der Waals surface area contributed by atoms with Crippen molar-refractivity contribution in [2.75, 3.05) is 19.0 Å². The third kappa shape index (κ3) is 3.87. The van der Waals surface area contributed by atoms with Crippen molar-refractivity contribution < 1.29 is 9.47 Å². The van der Waals surface area contributed by atoms with Crippen molar-refractivity contribution in [1.29, 1.82) is 5.26 Å². The molecule has 1 unspecified atom stereocenters. The number of aromatic nitrogens is 2. The fourth-order valence-corrected chi connectivity index (χ4v) is 2.64. The van der Waals surface area contributed by atoms with Gasteiger partial charge in [0, 0.05) is 19.6 Å². The predicted molar refractivity (Wildman–Crippen MR) is 91.0 cm³/mol. The lowest BCUT2D eigenvalue weighted by Crippen LogP contribution is -2.17. The van der Waals surface area contributed by atoms with Crippen LogP contribution in [0.2, 0.25) is 0 Å². The summed E-state index contributed by atoms with van der Waals surface area (Å²) < 4.78 is 10.8. The van der Waals surface area contributed by atoms with Gasteiger partial charge in [-0.05, 0) is 37.5 Å². The molecule has 1 fully saturated rings. The third-order valence-corrected chi connectivity index (χ3v) is 4.01. The Morgan fingerprint density at radius 1 is 1.38 bits per heavy atom. The zero-order chi connectivity index (χ0) is 16.9. The molecule has 0 bridgehead atoms. The number of H-pyrrole nitrogens is 1. The second-order valence-electron chi connectivity index (χ2n) is 6.13. The molecule has 2 N–H and O–H groups in total. The third-order valence-electron chi connectivity index (χ3n) is 4.01. The summed E-state index contributed by atoms with van der Waals surface area (Å²) in [5.41, 5.74) is 2.71. The topological polar surface area (TPSA) is 83.0 Å². The number of methoxy groups -OCH3 is 1. The van der Waals surface area contributed by atoms with Crippen LogP contribution in [0.1, 0.15) is 42.5 Å². The van der Waals surface area contributed by atoms with Crippen LogP contribution in [-0.2, 0) is 11.3 Å². The number of hydrogen-bond acceptors (Lipinski definition) is 5. The van der Waals surface area contributed by atoms with Crippen molar-refractivity contribution in [3.8, 4) is 11.8 Å². The molecular formula is C18H22N4O2. The van der Waals surface area contributed by atoms with E-state index in [1.807, 2.05) is 31.2 Å². The van der Waals surface area contributed by atoms with Crippen LogP contribution in [0.4, 0.5) is 5.82 Å². The maximum atomic E-state index is 9.35. The van der Waals surface area contributed by atoms with Crippen LogP contribution in [0.15, 0.2) is 24.3 Å². The maximum Gasteiger partial charge on any atom is 0.166 e. The molecule has 0 spiro atoms. The summed E-state index contributed by atoms with van der Waals surface area (Å²) >= 11 is 0. The molecule has 1 atom stereocenters. The number of nitriles is 1. The number of nitrogens with one attached hydrogen (secondary N) is 2. The second kappa shape index (κ2) is 7.37. The molecule has 0 radical (unpaired) electrons. The highest BCUT2D eigenvalue weighted by Gasteiger charge is 2.29. The first-order valence-electron chi connectivity index (χ1n) is 8.18. The normalized spacial score (nSPS) is 14.9. The van der Waals surface area contributed by atoms with E-state index in [1.54, 1.807) is 7.11 Å². The average molecular weight is 326 g/mol. The highest BCUT2D eigenvalue weighted by Crippen LogP contribution is 2.41. The van der Waals surface area contributed by atoms with Crippen molar-refractivity contribution in [1.82, 2.24) is 10.2 Å². The van der Waals surface area contributed by atoms with Crippen molar-refractivity contribution in [2.45, 2.75) is 38.3 Å². The van der Waals surface area contributed by atoms with Gasteiger partial charge in [0.1, 0.15) is 23.5 Å². The Hall–Kier alpha value is -2.52. The standard InChI is InChI=1S/C18H22N4O2/c1-12(11-23-2)24-15-7-3-13(4-8-15)10-20-18-16(9-19)17(21-22-18)14-5-6-14/h3-4,7-8,12,14H,5-6,10-11H2,1-2H3,(H2,20,21,22). The summed E-state index contributed by atoms with van der Waals surface area (Å²) in [5.74, 6) is 1.93. The van der Waals surface area contributed by atoms with Gasteiger partial charge in [0.05, 0.1) is 12.3 Å². The average Bonchev–Trinajstić information content (AvgIpc) is 3.34. The lowest BCUT2D eigenvalue weighted by Gasteiger charge is -2.14. The maximum absolute atomic E-state index is 9.35. The molecule has 1 saturated carbocycles. The molecule has 1 aliphatic rings. The van der Waals surface area contributed by atoms with Gasteiger partial charge in [-0.2, -0.15) is 10.4 Å². The minimum absolute atomic E-state index is 0.0158. The second-order valence-corrected chi connectivity index (χ2v) is 6.13. The van der Waals surface area contributed by atoms with Crippen molar-refractivity contribution >= 4 is 5.82 Å². The van der Waals surface area contributed by atoms with Crippen LogP contribution in [0.3, 0.4) is 0 Å². The molecule has 126 valence electrons. The first-order valence-corrected chi connectivity index (χ1v) is 8.18. The van der Waals surface area contributed by atoms with E-state index < -0.39 is 0 Å². The zero-order valence-electron chi connectivity index (χ0n) is 14.0. The summed E-state index contributed by atoms with van der Waals surface area (Å²) in [6.45, 7) is 3.14. The summed E-state index contributed by atoms with van der Waals surface area (Å²) in [5, 5.41) is 19.8. The molecule has 0 aliphatic heterocycles. The van der Waals surface area contributed by atoms with Gasteiger partial charge >= 0.3 is 0 Å². The van der Waals surface area contributed by atoms with Crippen LogP contribution in [0.5, 0.6) is 5.75 Å². The van der Waals surface area contributed by atoms with E-state index in [0.717, 1.165) is 29.8 Å². The Labute approximate surface area is 141 Å². The van der Waals surface area contributed by atoms with Gasteiger partial charge in [0.2, 0.25) is 0 Å². The molecule has 1 aliphatic carbocycles. The van der Waals surface area contributed by atoms with Gasteiger partial charge in [-0.1, -0.05) is 12.1 Å². The summed E-state index contributed by atoms with van der Waals surface area (Å²) in [6.07, 6.45) is 2.29. The fraction of sp³-hybridized carbons (Fsp3) is 0.444. The van der Waals surface area contributed by atoms with E-state index in [4.69, 9.17) is 9.47 Å². The van der Waals surface area contributed by atoms with E-state index in [1.165, 1.54) is 0 Å². The number of nitrogens with zero attached hydrogens (tertiary/aromatic N) is 2. The number of anilines is 1. The highest BCUT2D eigenvalue weighted by atomic mass is 16.5. The molecule has 3 rings (SSSR count). The largest absolute Gasteiger partial charge is 0.488 e. The quantitative estimate of drug-likeness (QED) is 0.778. The summed E-state index contributed by atoms with van der Waals surface area (Å²) in [4.78, 5) is 0. The Kier molecular flexibility index (Phi) is 5.02. The van der Waals surface area contributed by atoms with Gasteiger partial charge in [-0.3, -0.25) is 5.10 Å². The summed E-state index contributed by atoms with van der Waals surface area (Å²) in [7, 11) is 1.66. The van der Waals surface area contributed by atoms with Gasteiger partial charge in [0.15, 0.2) is 5.82 Å². The molecular weight excluding hydrogens is 304 g/mol. The van der Waals surface area contributed by atoms with Gasteiger partial charge in [-0.25, -0.2) is 0 Å². The van der Waals surface area contributed by atoms with Gasteiger partial charge in [-0.15, -0.1) is 0 Å². The smallest absolute Gasteiger partial charge is 0.166 e. The van der Waals surface area contributed by atoms with E-state index >= 15 is 0 Å². The van der Waals surface area contributed by atoms with Gasteiger partial charge in [0.25, 0.3) is 0 Å². The fourth-order valence-electron chi connectivity index (χ4n) is 2.64. The lowest BCUT2D eigenvalue weighted by atomic mass is 10.1. The lowest BCUT2D eigenvalue weighted by molar-refractivity contribution is 0.0921.